The molecule has 1 aliphatic rings. The zero-order valence-electron chi connectivity index (χ0n) is 20.2. The number of ether oxygens (including phenoxy) is 1. The van der Waals surface area contributed by atoms with Crippen LogP contribution in [0.4, 0.5) is 5.82 Å². The lowest BCUT2D eigenvalue weighted by atomic mass is 9.93. The summed E-state index contributed by atoms with van der Waals surface area (Å²) < 4.78 is 8.98. The number of para-hydroxylation sites is 2. The zero-order valence-corrected chi connectivity index (χ0v) is 20.2. The van der Waals surface area contributed by atoms with Crippen molar-refractivity contribution in [1.29, 1.82) is 5.26 Å². The van der Waals surface area contributed by atoms with Crippen molar-refractivity contribution in [1.82, 2.24) is 24.9 Å². The molecule has 1 unspecified atom stereocenters. The number of imide groups is 1. The normalized spacial score (nSPS) is 15.3. The highest BCUT2D eigenvalue weighted by Crippen LogP contribution is 2.34. The van der Waals surface area contributed by atoms with E-state index >= 15 is 0 Å². The summed E-state index contributed by atoms with van der Waals surface area (Å²) in [5.74, 6) is -1.02. The molecule has 11 nitrogen and oxygen atoms in total. The number of piperidine rings is 1. The molecule has 1 fully saturated rings. The molecule has 1 atom stereocenters. The minimum Gasteiger partial charge on any atom is -0.481 e. The first-order chi connectivity index (χ1) is 17.9. The van der Waals surface area contributed by atoms with Gasteiger partial charge in [-0.1, -0.05) is 30.3 Å². The lowest BCUT2D eigenvalue weighted by molar-refractivity contribution is -0.134. The summed E-state index contributed by atoms with van der Waals surface area (Å²) in [7, 11) is 1.73. The van der Waals surface area contributed by atoms with Crippen molar-refractivity contribution in [3.8, 4) is 17.5 Å². The van der Waals surface area contributed by atoms with Crippen LogP contribution in [0.1, 0.15) is 35.7 Å². The van der Waals surface area contributed by atoms with E-state index in [0.717, 1.165) is 0 Å². The third kappa shape index (κ3) is 4.40. The van der Waals surface area contributed by atoms with Gasteiger partial charge in [-0.3, -0.25) is 24.4 Å². The maximum absolute atomic E-state index is 12.9. The minimum atomic E-state index is -0.550. The van der Waals surface area contributed by atoms with E-state index in [1.165, 1.54) is 4.68 Å². The van der Waals surface area contributed by atoms with Gasteiger partial charge in [-0.15, -0.1) is 0 Å². The summed E-state index contributed by atoms with van der Waals surface area (Å²) in [6, 6.07) is 16.6. The number of hydrogen-bond donors (Lipinski definition) is 2. The number of anilines is 1. The standard InChI is InChI=1S/C26H23N7O4/c1-15-19(13-27)25(33(30-15)16-7-4-3-5-8-16)28-22(35)14-37-20-10-6-9-17-23(31-32(2)24(17)20)18-11-12-21(34)29-26(18)36/h3-10,18H,11-12,14H2,1-2H3,(H,28,35)(H,29,34,36). The van der Waals surface area contributed by atoms with Crippen LogP contribution in [-0.2, 0) is 21.4 Å². The molecule has 0 aliphatic carbocycles. The number of fused-ring (bicyclic) bond motifs is 1. The van der Waals surface area contributed by atoms with Gasteiger partial charge in [0.15, 0.2) is 12.4 Å². The fourth-order valence-electron chi connectivity index (χ4n) is 4.50. The second-order valence-corrected chi connectivity index (χ2v) is 8.67. The Labute approximate surface area is 211 Å². The Morgan fingerprint density at radius 1 is 1.19 bits per heavy atom. The van der Waals surface area contributed by atoms with Gasteiger partial charge >= 0.3 is 0 Å². The molecule has 5 rings (SSSR count). The van der Waals surface area contributed by atoms with Crippen LogP contribution in [0.5, 0.6) is 5.75 Å². The Morgan fingerprint density at radius 2 is 1.97 bits per heavy atom. The van der Waals surface area contributed by atoms with Crippen LogP contribution < -0.4 is 15.4 Å². The molecular weight excluding hydrogens is 474 g/mol. The number of nitrogens with one attached hydrogen (secondary N) is 2. The first kappa shape index (κ1) is 23.7. The Kier molecular flexibility index (Phi) is 6.15. The number of nitrogens with zero attached hydrogens (tertiary/aromatic N) is 5. The maximum atomic E-state index is 12.9. The highest BCUT2D eigenvalue weighted by Gasteiger charge is 2.32. The van der Waals surface area contributed by atoms with E-state index < -0.39 is 11.8 Å². The molecule has 4 aromatic rings. The number of nitriles is 1. The lowest BCUT2D eigenvalue weighted by Gasteiger charge is -2.19. The van der Waals surface area contributed by atoms with Crippen molar-refractivity contribution < 1.29 is 19.1 Å². The molecule has 2 N–H and O–H groups in total. The van der Waals surface area contributed by atoms with Gasteiger partial charge in [-0.2, -0.15) is 15.5 Å². The molecule has 2 aromatic carbocycles. The monoisotopic (exact) mass is 497 g/mol. The van der Waals surface area contributed by atoms with Crippen molar-refractivity contribution in [2.45, 2.75) is 25.7 Å². The number of aromatic nitrogens is 4. The average molecular weight is 498 g/mol. The number of benzene rings is 2. The molecule has 2 aromatic heterocycles. The summed E-state index contributed by atoms with van der Waals surface area (Å²) in [4.78, 5) is 36.9. The number of aryl methyl sites for hydroxylation is 2. The number of hydrogen-bond acceptors (Lipinski definition) is 7. The smallest absolute Gasteiger partial charge is 0.263 e. The van der Waals surface area contributed by atoms with E-state index in [9.17, 15) is 19.6 Å². The third-order valence-electron chi connectivity index (χ3n) is 6.22. The average Bonchev–Trinajstić information content (AvgIpc) is 3.39. The van der Waals surface area contributed by atoms with Crippen LogP contribution >= 0.6 is 0 Å². The number of carbonyl (C=O) groups is 3. The predicted molar refractivity (Wildman–Crippen MR) is 133 cm³/mol. The fourth-order valence-corrected chi connectivity index (χ4v) is 4.50. The SMILES string of the molecule is Cc1nn(-c2ccccc2)c(NC(=O)COc2cccc3c(C4CCC(=O)NC4=O)nn(C)c23)c1C#N. The molecule has 0 radical (unpaired) electrons. The van der Waals surface area contributed by atoms with Gasteiger partial charge in [0.05, 0.1) is 23.0 Å². The Balaban J connectivity index is 1.38. The van der Waals surface area contributed by atoms with E-state index in [1.807, 2.05) is 36.4 Å². The first-order valence-electron chi connectivity index (χ1n) is 11.6. The number of rotatable bonds is 6. The highest BCUT2D eigenvalue weighted by molar-refractivity contribution is 6.03. The molecule has 11 heteroatoms. The molecule has 37 heavy (non-hydrogen) atoms. The van der Waals surface area contributed by atoms with E-state index in [0.29, 0.717) is 40.1 Å². The number of amides is 3. The van der Waals surface area contributed by atoms with Crippen LogP contribution in [0.3, 0.4) is 0 Å². The van der Waals surface area contributed by atoms with Crippen molar-refractivity contribution in [2.75, 3.05) is 11.9 Å². The molecular formula is C26H23N7O4. The molecule has 186 valence electrons. The van der Waals surface area contributed by atoms with Crippen LogP contribution in [0.25, 0.3) is 16.6 Å². The van der Waals surface area contributed by atoms with Gasteiger partial charge in [0.25, 0.3) is 5.91 Å². The summed E-state index contributed by atoms with van der Waals surface area (Å²) in [5.41, 5.74) is 2.63. The summed E-state index contributed by atoms with van der Waals surface area (Å²) in [6.45, 7) is 1.37. The summed E-state index contributed by atoms with van der Waals surface area (Å²) >= 11 is 0. The lowest BCUT2D eigenvalue weighted by Crippen LogP contribution is -2.39. The van der Waals surface area contributed by atoms with E-state index in [1.54, 1.807) is 30.8 Å². The third-order valence-corrected chi connectivity index (χ3v) is 6.22. The molecule has 0 spiro atoms. The van der Waals surface area contributed by atoms with Gasteiger partial charge in [0.2, 0.25) is 11.8 Å². The van der Waals surface area contributed by atoms with Crippen molar-refractivity contribution in [3.05, 3.63) is 65.5 Å². The molecule has 3 amide bonds. The van der Waals surface area contributed by atoms with Gasteiger partial charge in [-0.25, -0.2) is 4.68 Å². The topological polar surface area (TPSA) is 144 Å². The largest absolute Gasteiger partial charge is 0.481 e. The first-order valence-corrected chi connectivity index (χ1v) is 11.6. The van der Waals surface area contributed by atoms with Gasteiger partial charge in [-0.05, 0) is 31.5 Å². The summed E-state index contributed by atoms with van der Waals surface area (Å²) in [6.07, 6.45) is 0.620. The Hall–Kier alpha value is -4.98. The number of carbonyl (C=O) groups excluding carboxylic acids is 3. The van der Waals surface area contributed by atoms with Crippen molar-refractivity contribution in [2.24, 2.45) is 7.05 Å². The molecule has 1 aliphatic heterocycles. The van der Waals surface area contributed by atoms with Gasteiger partial charge in [0, 0.05) is 18.9 Å². The molecule has 0 saturated carbocycles. The second kappa shape index (κ2) is 9.58. The van der Waals surface area contributed by atoms with Crippen LogP contribution in [-0.4, -0.2) is 43.9 Å². The molecule has 1 saturated heterocycles. The maximum Gasteiger partial charge on any atom is 0.263 e. The second-order valence-electron chi connectivity index (χ2n) is 8.67. The predicted octanol–water partition coefficient (Wildman–Crippen LogP) is 2.48. The van der Waals surface area contributed by atoms with E-state index in [2.05, 4.69) is 26.9 Å². The van der Waals surface area contributed by atoms with Crippen molar-refractivity contribution >= 4 is 34.4 Å². The van der Waals surface area contributed by atoms with Gasteiger partial charge in [0.1, 0.15) is 22.9 Å². The van der Waals surface area contributed by atoms with Crippen LogP contribution in [0.2, 0.25) is 0 Å². The Bertz CT molecular complexity index is 1580. The Morgan fingerprint density at radius 3 is 2.70 bits per heavy atom. The zero-order chi connectivity index (χ0) is 26.1. The molecule has 0 bridgehead atoms. The quantitative estimate of drug-likeness (QED) is 0.389. The minimum absolute atomic E-state index is 0.245. The van der Waals surface area contributed by atoms with Crippen LogP contribution in [0.15, 0.2) is 48.5 Å². The summed E-state index contributed by atoms with van der Waals surface area (Å²) in [5, 5.41) is 24.4. The van der Waals surface area contributed by atoms with Gasteiger partial charge < -0.3 is 10.1 Å². The fraction of sp³-hybridized carbons (Fsp3) is 0.231. The van der Waals surface area contributed by atoms with E-state index in [4.69, 9.17) is 4.74 Å². The van der Waals surface area contributed by atoms with Crippen LogP contribution in [0, 0.1) is 18.3 Å². The molecule has 3 heterocycles. The highest BCUT2D eigenvalue weighted by atomic mass is 16.5. The van der Waals surface area contributed by atoms with E-state index in [-0.39, 0.29) is 36.2 Å². The van der Waals surface area contributed by atoms with Crippen molar-refractivity contribution in [3.63, 3.8) is 0 Å².